The summed E-state index contributed by atoms with van der Waals surface area (Å²) >= 11 is 0. The highest BCUT2D eigenvalue weighted by molar-refractivity contribution is 5.97. The molecule has 116 valence electrons. The van der Waals surface area contributed by atoms with Gasteiger partial charge >= 0.3 is 0 Å². The molecule has 0 aromatic carbocycles. The molecular formula is C15H25N5O. The predicted molar refractivity (Wildman–Crippen MR) is 84.4 cm³/mol. The van der Waals surface area contributed by atoms with Crippen LogP contribution in [0.4, 0.5) is 5.82 Å². The largest absolute Gasteiger partial charge is 0.369 e. The lowest BCUT2D eigenvalue weighted by molar-refractivity contribution is 0.100. The molecule has 1 amide bonds. The fourth-order valence-electron chi connectivity index (χ4n) is 2.59. The van der Waals surface area contributed by atoms with Crippen LogP contribution in [0.3, 0.4) is 0 Å². The van der Waals surface area contributed by atoms with Crippen LogP contribution in [0.1, 0.15) is 23.7 Å². The Balaban J connectivity index is 1.80. The molecular weight excluding hydrogens is 266 g/mol. The van der Waals surface area contributed by atoms with Gasteiger partial charge in [0, 0.05) is 45.0 Å². The van der Waals surface area contributed by atoms with Crippen molar-refractivity contribution in [3.05, 3.63) is 23.9 Å². The third-order valence-corrected chi connectivity index (χ3v) is 4.09. The third-order valence-electron chi connectivity index (χ3n) is 4.09. The van der Waals surface area contributed by atoms with E-state index in [9.17, 15) is 4.79 Å². The van der Waals surface area contributed by atoms with Gasteiger partial charge in [-0.3, -0.25) is 9.69 Å². The van der Waals surface area contributed by atoms with Crippen molar-refractivity contribution in [2.45, 2.75) is 19.4 Å². The van der Waals surface area contributed by atoms with Crippen LogP contribution in [0, 0.1) is 0 Å². The Kier molecular flexibility index (Phi) is 5.52. The van der Waals surface area contributed by atoms with Crippen LogP contribution in [0.2, 0.25) is 0 Å². The first kappa shape index (κ1) is 15.7. The van der Waals surface area contributed by atoms with Gasteiger partial charge in [0.15, 0.2) is 0 Å². The van der Waals surface area contributed by atoms with Crippen LogP contribution >= 0.6 is 0 Å². The molecule has 2 rings (SSSR count). The zero-order valence-electron chi connectivity index (χ0n) is 12.9. The molecule has 3 N–H and O–H groups in total. The molecule has 6 nitrogen and oxygen atoms in total. The number of anilines is 1. The maximum Gasteiger partial charge on any atom is 0.252 e. The summed E-state index contributed by atoms with van der Waals surface area (Å²) in [7, 11) is 2.16. The molecule has 1 aliphatic heterocycles. The van der Waals surface area contributed by atoms with E-state index in [0.717, 1.165) is 39.1 Å². The van der Waals surface area contributed by atoms with Crippen LogP contribution in [0.25, 0.3) is 0 Å². The monoisotopic (exact) mass is 291 g/mol. The van der Waals surface area contributed by atoms with Crippen LogP contribution in [0.15, 0.2) is 18.3 Å². The smallest absolute Gasteiger partial charge is 0.252 e. The third kappa shape index (κ3) is 4.41. The molecule has 1 saturated heterocycles. The van der Waals surface area contributed by atoms with E-state index in [1.165, 1.54) is 0 Å². The van der Waals surface area contributed by atoms with Gasteiger partial charge in [-0.1, -0.05) is 0 Å². The van der Waals surface area contributed by atoms with Crippen LogP contribution < -0.4 is 11.1 Å². The zero-order valence-corrected chi connectivity index (χ0v) is 12.9. The average Bonchev–Trinajstić information content (AvgIpc) is 2.48. The Labute approximate surface area is 126 Å². The van der Waals surface area contributed by atoms with E-state index in [2.05, 4.69) is 34.1 Å². The van der Waals surface area contributed by atoms with E-state index in [-0.39, 0.29) is 0 Å². The summed E-state index contributed by atoms with van der Waals surface area (Å²) in [5.74, 6) is 0.133. The number of hydrogen-bond acceptors (Lipinski definition) is 5. The molecule has 1 aromatic rings. The van der Waals surface area contributed by atoms with E-state index in [1.807, 2.05) is 0 Å². The lowest BCUT2D eigenvalue weighted by Crippen LogP contribution is -2.48. The molecule has 0 radical (unpaired) electrons. The van der Waals surface area contributed by atoms with Crippen molar-refractivity contribution in [2.75, 3.05) is 45.1 Å². The SMILES string of the molecule is C[C@H](CCNc1ncccc1C(N)=O)N1CCN(C)CC1. The normalized spacial score (nSPS) is 18.4. The number of nitrogens with one attached hydrogen (secondary N) is 1. The number of primary amides is 1. The number of pyridine rings is 1. The zero-order chi connectivity index (χ0) is 15.2. The lowest BCUT2D eigenvalue weighted by atomic mass is 10.1. The maximum absolute atomic E-state index is 11.3. The first-order valence-electron chi connectivity index (χ1n) is 7.49. The van der Waals surface area contributed by atoms with Crippen molar-refractivity contribution in [3.63, 3.8) is 0 Å². The summed E-state index contributed by atoms with van der Waals surface area (Å²) in [6, 6.07) is 3.94. The Morgan fingerprint density at radius 3 is 2.81 bits per heavy atom. The van der Waals surface area contributed by atoms with Crippen molar-refractivity contribution in [2.24, 2.45) is 5.73 Å². The van der Waals surface area contributed by atoms with Crippen LogP contribution in [-0.2, 0) is 0 Å². The Morgan fingerprint density at radius 1 is 1.43 bits per heavy atom. The highest BCUT2D eigenvalue weighted by Crippen LogP contribution is 2.12. The minimum Gasteiger partial charge on any atom is -0.369 e. The van der Waals surface area contributed by atoms with Gasteiger partial charge in [-0.25, -0.2) is 4.98 Å². The second-order valence-corrected chi connectivity index (χ2v) is 5.67. The van der Waals surface area contributed by atoms with E-state index >= 15 is 0 Å². The first-order valence-corrected chi connectivity index (χ1v) is 7.49. The fourth-order valence-corrected chi connectivity index (χ4v) is 2.59. The number of hydrogen-bond donors (Lipinski definition) is 2. The number of carbonyl (C=O) groups excluding carboxylic acids is 1. The molecule has 6 heteroatoms. The molecule has 1 aromatic heterocycles. The summed E-state index contributed by atoms with van der Waals surface area (Å²) in [5.41, 5.74) is 5.79. The number of nitrogens with zero attached hydrogens (tertiary/aromatic N) is 3. The minimum absolute atomic E-state index is 0.447. The van der Waals surface area contributed by atoms with Crippen molar-refractivity contribution in [1.29, 1.82) is 0 Å². The summed E-state index contributed by atoms with van der Waals surface area (Å²) in [6.45, 7) is 7.53. The van der Waals surface area contributed by atoms with Crippen molar-refractivity contribution in [3.8, 4) is 0 Å². The quantitative estimate of drug-likeness (QED) is 0.803. The number of piperazine rings is 1. The molecule has 2 heterocycles. The summed E-state index contributed by atoms with van der Waals surface area (Å²) in [6.07, 6.45) is 2.68. The van der Waals surface area contributed by atoms with E-state index in [1.54, 1.807) is 18.3 Å². The van der Waals surface area contributed by atoms with Crippen LogP contribution in [0.5, 0.6) is 0 Å². The molecule has 1 atom stereocenters. The first-order chi connectivity index (χ1) is 10.1. The lowest BCUT2D eigenvalue weighted by Gasteiger charge is -2.36. The Hall–Kier alpha value is -1.66. The number of likely N-dealkylation sites (N-methyl/N-ethyl adjacent to an activating group) is 1. The van der Waals surface area contributed by atoms with Gasteiger partial charge < -0.3 is 16.0 Å². The number of amides is 1. The second-order valence-electron chi connectivity index (χ2n) is 5.67. The van der Waals surface area contributed by atoms with Gasteiger partial charge in [-0.2, -0.15) is 0 Å². The highest BCUT2D eigenvalue weighted by atomic mass is 16.1. The number of rotatable bonds is 6. The number of aromatic nitrogens is 1. The molecule has 1 aliphatic rings. The number of nitrogens with two attached hydrogens (primary N) is 1. The summed E-state index contributed by atoms with van der Waals surface area (Å²) in [5, 5.41) is 3.22. The molecule has 0 aliphatic carbocycles. The van der Waals surface area contributed by atoms with Gasteiger partial charge in [0.2, 0.25) is 0 Å². The number of carbonyl (C=O) groups is 1. The molecule has 0 unspecified atom stereocenters. The van der Waals surface area contributed by atoms with E-state index < -0.39 is 5.91 Å². The molecule has 0 bridgehead atoms. The van der Waals surface area contributed by atoms with Crippen molar-refractivity contribution < 1.29 is 4.79 Å². The van der Waals surface area contributed by atoms with Gasteiger partial charge in [0.05, 0.1) is 5.56 Å². The second kappa shape index (κ2) is 7.38. The molecule has 0 spiro atoms. The van der Waals surface area contributed by atoms with Gasteiger partial charge in [0.25, 0.3) is 5.91 Å². The van der Waals surface area contributed by atoms with Crippen molar-refractivity contribution >= 4 is 11.7 Å². The summed E-state index contributed by atoms with van der Waals surface area (Å²) < 4.78 is 0. The Morgan fingerprint density at radius 2 is 2.14 bits per heavy atom. The van der Waals surface area contributed by atoms with Gasteiger partial charge in [-0.05, 0) is 32.5 Å². The molecule has 21 heavy (non-hydrogen) atoms. The summed E-state index contributed by atoms with van der Waals surface area (Å²) in [4.78, 5) is 20.4. The fraction of sp³-hybridized carbons (Fsp3) is 0.600. The highest BCUT2D eigenvalue weighted by Gasteiger charge is 2.18. The van der Waals surface area contributed by atoms with Crippen molar-refractivity contribution in [1.82, 2.24) is 14.8 Å². The molecule has 0 saturated carbocycles. The Bertz CT molecular complexity index is 471. The maximum atomic E-state index is 11.3. The topological polar surface area (TPSA) is 74.5 Å². The van der Waals surface area contributed by atoms with E-state index in [4.69, 9.17) is 5.73 Å². The van der Waals surface area contributed by atoms with E-state index in [0.29, 0.717) is 17.4 Å². The standard InChI is InChI=1S/C15H25N5O/c1-12(20-10-8-19(2)9-11-20)5-7-18-15-13(14(16)21)4-3-6-17-15/h3-4,6,12H,5,7-11H2,1-2H3,(H2,16,21)(H,17,18)/t12-/m1/s1. The predicted octanol–water partition coefficient (Wildman–Crippen LogP) is 0.618. The van der Waals surface area contributed by atoms with Gasteiger partial charge in [0.1, 0.15) is 5.82 Å². The molecule has 1 fully saturated rings. The van der Waals surface area contributed by atoms with Gasteiger partial charge in [-0.15, -0.1) is 0 Å². The van der Waals surface area contributed by atoms with Crippen LogP contribution in [-0.4, -0.2) is 66.5 Å². The average molecular weight is 291 g/mol. The minimum atomic E-state index is -0.447.